The van der Waals surface area contributed by atoms with Gasteiger partial charge in [0, 0.05) is 5.41 Å². The van der Waals surface area contributed by atoms with E-state index >= 15 is 0 Å². The van der Waals surface area contributed by atoms with E-state index in [0.717, 1.165) is 38.5 Å². The highest BCUT2D eigenvalue weighted by atomic mass is 16.3. The lowest BCUT2D eigenvalue weighted by molar-refractivity contribution is -0.203. The summed E-state index contributed by atoms with van der Waals surface area (Å²) >= 11 is 0. The van der Waals surface area contributed by atoms with Gasteiger partial charge in [-0.05, 0) is 93.3 Å². The standard InChI is InChI=1S/C22H38O3/c1-14(23)22(25)12-8-18-16-6-9-19(2)13-15(24)5-10-20(19,3)17(16)7-11-21(18,22)4/h14-18,23-25H,5-13H2,1-4H3/t14-,15+,16+,17+,18+,19+,20+,21+,22-/m0/s1. The lowest BCUT2D eigenvalue weighted by Crippen LogP contribution is -2.61. The molecule has 0 amide bonds. The molecule has 25 heavy (non-hydrogen) atoms. The molecule has 0 aromatic carbocycles. The van der Waals surface area contributed by atoms with Crippen molar-refractivity contribution in [2.24, 2.45) is 34.0 Å². The van der Waals surface area contributed by atoms with Crippen LogP contribution in [0.3, 0.4) is 0 Å². The van der Waals surface area contributed by atoms with Gasteiger partial charge in [0.25, 0.3) is 0 Å². The molecule has 4 rings (SSSR count). The van der Waals surface area contributed by atoms with Crippen molar-refractivity contribution in [3.8, 4) is 0 Å². The van der Waals surface area contributed by atoms with Gasteiger partial charge in [-0.1, -0.05) is 20.8 Å². The second kappa shape index (κ2) is 5.45. The van der Waals surface area contributed by atoms with Crippen LogP contribution in [0.5, 0.6) is 0 Å². The Bertz CT molecular complexity index is 547. The number of hydrogen-bond acceptors (Lipinski definition) is 3. The van der Waals surface area contributed by atoms with Crippen LogP contribution in [0.1, 0.15) is 85.5 Å². The fourth-order valence-electron chi connectivity index (χ4n) is 8.35. The summed E-state index contributed by atoms with van der Waals surface area (Å²) in [7, 11) is 0. The fourth-order valence-corrected chi connectivity index (χ4v) is 8.35. The quantitative estimate of drug-likeness (QED) is 0.672. The Labute approximate surface area is 153 Å². The minimum absolute atomic E-state index is 0.115. The van der Waals surface area contributed by atoms with Gasteiger partial charge in [0.2, 0.25) is 0 Å². The third kappa shape index (κ3) is 2.15. The van der Waals surface area contributed by atoms with Gasteiger partial charge in [-0.15, -0.1) is 0 Å². The first-order valence-electron chi connectivity index (χ1n) is 10.7. The smallest absolute Gasteiger partial charge is 0.0958 e. The van der Waals surface area contributed by atoms with Crippen molar-refractivity contribution in [2.75, 3.05) is 0 Å². The predicted octanol–water partition coefficient (Wildman–Crippen LogP) is 3.89. The van der Waals surface area contributed by atoms with Crippen LogP contribution in [-0.4, -0.2) is 33.1 Å². The lowest BCUT2D eigenvalue weighted by Gasteiger charge is -2.65. The van der Waals surface area contributed by atoms with Gasteiger partial charge in [-0.2, -0.15) is 0 Å². The van der Waals surface area contributed by atoms with E-state index in [2.05, 4.69) is 20.8 Å². The van der Waals surface area contributed by atoms with Crippen molar-refractivity contribution in [2.45, 2.75) is 103 Å². The van der Waals surface area contributed by atoms with Crippen LogP contribution >= 0.6 is 0 Å². The zero-order valence-electron chi connectivity index (χ0n) is 16.6. The monoisotopic (exact) mass is 350 g/mol. The highest BCUT2D eigenvalue weighted by Crippen LogP contribution is 2.71. The Kier molecular flexibility index (Phi) is 3.98. The first kappa shape index (κ1) is 18.3. The SMILES string of the molecule is C[C@H](O)[C@@]1(O)CC[C@@H]2[C@@H]3CC[C@]4(C)C[C@H](O)CC[C@]4(C)[C@@H]3CC[C@]21C. The molecule has 4 fully saturated rings. The topological polar surface area (TPSA) is 60.7 Å². The fraction of sp³-hybridized carbons (Fsp3) is 1.00. The molecule has 0 radical (unpaired) electrons. The zero-order chi connectivity index (χ0) is 18.3. The van der Waals surface area contributed by atoms with Crippen LogP contribution in [0.25, 0.3) is 0 Å². The number of aliphatic hydroxyl groups excluding tert-OH is 2. The summed E-state index contributed by atoms with van der Waals surface area (Å²) < 4.78 is 0. The van der Waals surface area contributed by atoms with Crippen molar-refractivity contribution in [3.63, 3.8) is 0 Å². The molecule has 0 aromatic heterocycles. The maximum Gasteiger partial charge on any atom is 0.0958 e. The van der Waals surface area contributed by atoms with E-state index in [1.165, 1.54) is 19.3 Å². The Morgan fingerprint density at radius 1 is 0.840 bits per heavy atom. The van der Waals surface area contributed by atoms with Gasteiger partial charge in [0.15, 0.2) is 0 Å². The van der Waals surface area contributed by atoms with Gasteiger partial charge in [0.1, 0.15) is 0 Å². The summed E-state index contributed by atoms with van der Waals surface area (Å²) in [5, 5.41) is 31.9. The Hall–Kier alpha value is -0.120. The zero-order valence-corrected chi connectivity index (χ0v) is 16.6. The maximum atomic E-state index is 11.3. The number of rotatable bonds is 1. The van der Waals surface area contributed by atoms with E-state index in [9.17, 15) is 15.3 Å². The molecule has 0 bridgehead atoms. The van der Waals surface area contributed by atoms with Crippen molar-refractivity contribution in [3.05, 3.63) is 0 Å². The lowest BCUT2D eigenvalue weighted by atomic mass is 9.40. The molecule has 4 saturated carbocycles. The van der Waals surface area contributed by atoms with Crippen molar-refractivity contribution in [1.29, 1.82) is 0 Å². The molecule has 0 spiro atoms. The van der Waals surface area contributed by atoms with Crippen LogP contribution in [0, 0.1) is 34.0 Å². The summed E-state index contributed by atoms with van der Waals surface area (Å²) in [6.07, 6.45) is 8.78. The normalized spacial score (nSPS) is 59.6. The summed E-state index contributed by atoms with van der Waals surface area (Å²) in [5.74, 6) is 1.94. The molecule has 4 aliphatic rings. The molecule has 9 atom stereocenters. The Morgan fingerprint density at radius 3 is 2.12 bits per heavy atom. The first-order chi connectivity index (χ1) is 11.6. The third-order valence-corrected chi connectivity index (χ3v) is 10.3. The van der Waals surface area contributed by atoms with E-state index in [4.69, 9.17) is 0 Å². The highest BCUT2D eigenvalue weighted by Gasteiger charge is 2.67. The molecule has 0 aliphatic heterocycles. The van der Waals surface area contributed by atoms with Crippen LogP contribution < -0.4 is 0 Å². The summed E-state index contributed by atoms with van der Waals surface area (Å²) in [6.45, 7) is 8.98. The van der Waals surface area contributed by atoms with Crippen LogP contribution in [0.15, 0.2) is 0 Å². The van der Waals surface area contributed by atoms with E-state index in [1.807, 2.05) is 0 Å². The van der Waals surface area contributed by atoms with Crippen LogP contribution in [-0.2, 0) is 0 Å². The maximum absolute atomic E-state index is 11.3. The third-order valence-electron chi connectivity index (χ3n) is 10.3. The molecule has 3 nitrogen and oxygen atoms in total. The average molecular weight is 351 g/mol. The largest absolute Gasteiger partial charge is 0.393 e. The second-order valence-electron chi connectivity index (χ2n) is 10.9. The minimum atomic E-state index is -0.910. The average Bonchev–Trinajstić information content (AvgIpc) is 2.82. The Morgan fingerprint density at radius 2 is 1.44 bits per heavy atom. The minimum Gasteiger partial charge on any atom is -0.393 e. The molecule has 0 saturated heterocycles. The molecule has 0 unspecified atom stereocenters. The van der Waals surface area contributed by atoms with E-state index in [1.54, 1.807) is 6.92 Å². The van der Waals surface area contributed by atoms with E-state index in [0.29, 0.717) is 23.2 Å². The second-order valence-corrected chi connectivity index (χ2v) is 10.9. The summed E-state index contributed by atoms with van der Waals surface area (Å²) in [5.41, 5.74) is -0.464. The molecule has 0 heterocycles. The molecular weight excluding hydrogens is 312 g/mol. The predicted molar refractivity (Wildman–Crippen MR) is 99.0 cm³/mol. The van der Waals surface area contributed by atoms with Gasteiger partial charge in [0.05, 0.1) is 17.8 Å². The number of hydrogen-bond donors (Lipinski definition) is 3. The number of aliphatic hydroxyl groups is 3. The highest BCUT2D eigenvalue weighted by molar-refractivity contribution is 5.16. The molecule has 3 N–H and O–H groups in total. The van der Waals surface area contributed by atoms with E-state index < -0.39 is 11.7 Å². The molecule has 0 aromatic rings. The molecule has 3 heteroatoms. The van der Waals surface area contributed by atoms with Gasteiger partial charge in [-0.3, -0.25) is 0 Å². The van der Waals surface area contributed by atoms with E-state index in [-0.39, 0.29) is 16.9 Å². The molecular formula is C22H38O3. The first-order valence-corrected chi connectivity index (χ1v) is 10.7. The van der Waals surface area contributed by atoms with Crippen molar-refractivity contribution < 1.29 is 15.3 Å². The molecule has 4 aliphatic carbocycles. The summed E-state index contributed by atoms with van der Waals surface area (Å²) in [4.78, 5) is 0. The van der Waals surface area contributed by atoms with Gasteiger partial charge < -0.3 is 15.3 Å². The van der Waals surface area contributed by atoms with Crippen LogP contribution in [0.2, 0.25) is 0 Å². The number of fused-ring (bicyclic) bond motifs is 5. The molecule has 144 valence electrons. The Balaban J connectivity index is 1.67. The van der Waals surface area contributed by atoms with Gasteiger partial charge >= 0.3 is 0 Å². The van der Waals surface area contributed by atoms with Crippen molar-refractivity contribution >= 4 is 0 Å². The van der Waals surface area contributed by atoms with Crippen molar-refractivity contribution in [1.82, 2.24) is 0 Å². The van der Waals surface area contributed by atoms with Gasteiger partial charge in [-0.25, -0.2) is 0 Å². The van der Waals surface area contributed by atoms with Crippen LogP contribution in [0.4, 0.5) is 0 Å². The summed E-state index contributed by atoms with van der Waals surface area (Å²) in [6, 6.07) is 0.